The van der Waals surface area contributed by atoms with Crippen molar-refractivity contribution in [2.24, 2.45) is 5.14 Å². The summed E-state index contributed by atoms with van der Waals surface area (Å²) in [4.78, 5) is 24.7. The lowest BCUT2D eigenvalue weighted by atomic mass is 10.0. The molecule has 0 aliphatic rings. The van der Waals surface area contributed by atoms with Gasteiger partial charge in [-0.25, -0.2) is 13.6 Å². The molecule has 0 bridgehead atoms. The second-order valence-electron chi connectivity index (χ2n) is 5.76. The van der Waals surface area contributed by atoms with Crippen LogP contribution in [0.2, 0.25) is 0 Å². The minimum Gasteiger partial charge on any atom is -0.351 e. The SMILES string of the molecule is Cc1ccc(C(=O)CCC(=O)NCc2ccc(S(N)(=O)=O)s2)cc1C. The highest BCUT2D eigenvalue weighted by Crippen LogP contribution is 2.20. The van der Waals surface area contributed by atoms with Crippen LogP contribution in [0, 0.1) is 13.8 Å². The molecule has 1 heterocycles. The average molecular weight is 380 g/mol. The van der Waals surface area contributed by atoms with Crippen molar-refractivity contribution in [2.45, 2.75) is 37.4 Å². The zero-order valence-electron chi connectivity index (χ0n) is 14.0. The van der Waals surface area contributed by atoms with E-state index in [2.05, 4.69) is 5.32 Å². The Morgan fingerprint density at radius 1 is 1.08 bits per heavy atom. The predicted octanol–water partition coefficient (Wildman–Crippen LogP) is 2.29. The lowest BCUT2D eigenvalue weighted by Gasteiger charge is -2.05. The van der Waals surface area contributed by atoms with E-state index in [-0.39, 0.29) is 35.3 Å². The quantitative estimate of drug-likeness (QED) is 0.719. The third kappa shape index (κ3) is 5.48. The molecule has 0 radical (unpaired) electrons. The Hall–Kier alpha value is -2.03. The largest absolute Gasteiger partial charge is 0.351 e. The fourth-order valence-corrected chi connectivity index (χ4v) is 3.88. The summed E-state index contributed by atoms with van der Waals surface area (Å²) in [5, 5.41) is 7.71. The summed E-state index contributed by atoms with van der Waals surface area (Å²) in [6.07, 6.45) is 0.209. The molecule has 0 aliphatic heterocycles. The van der Waals surface area contributed by atoms with Gasteiger partial charge in [0, 0.05) is 23.3 Å². The van der Waals surface area contributed by atoms with Gasteiger partial charge in [-0.3, -0.25) is 9.59 Å². The van der Waals surface area contributed by atoms with E-state index in [1.165, 1.54) is 6.07 Å². The minimum absolute atomic E-state index is 0.0571. The number of rotatable bonds is 7. The molecule has 134 valence electrons. The van der Waals surface area contributed by atoms with Crippen LogP contribution in [0.1, 0.15) is 39.2 Å². The monoisotopic (exact) mass is 380 g/mol. The van der Waals surface area contributed by atoms with Gasteiger partial charge < -0.3 is 5.32 Å². The molecule has 2 rings (SSSR count). The molecule has 1 aromatic heterocycles. The van der Waals surface area contributed by atoms with E-state index in [0.29, 0.717) is 10.4 Å². The van der Waals surface area contributed by atoms with Gasteiger partial charge in [0.15, 0.2) is 5.78 Å². The van der Waals surface area contributed by atoms with Gasteiger partial charge in [0.1, 0.15) is 4.21 Å². The first kappa shape index (κ1) is 19.3. The first-order chi connectivity index (χ1) is 11.7. The molecule has 2 aromatic rings. The van der Waals surface area contributed by atoms with Gasteiger partial charge in [-0.15, -0.1) is 11.3 Å². The molecule has 0 unspecified atom stereocenters. The molecular weight excluding hydrogens is 360 g/mol. The number of Topliss-reactive ketones (excluding diaryl/α,β-unsaturated/α-hetero) is 1. The highest BCUT2D eigenvalue weighted by atomic mass is 32.2. The van der Waals surface area contributed by atoms with Gasteiger partial charge in [-0.05, 0) is 43.2 Å². The number of carbonyl (C=O) groups is 2. The number of benzene rings is 1. The maximum atomic E-state index is 12.1. The van der Waals surface area contributed by atoms with Crippen molar-refractivity contribution in [2.75, 3.05) is 0 Å². The van der Waals surface area contributed by atoms with Crippen molar-refractivity contribution in [1.29, 1.82) is 0 Å². The maximum absolute atomic E-state index is 12.1. The molecule has 8 heteroatoms. The van der Waals surface area contributed by atoms with Gasteiger partial charge in [0.25, 0.3) is 0 Å². The summed E-state index contributed by atoms with van der Waals surface area (Å²) >= 11 is 1.01. The Morgan fingerprint density at radius 3 is 2.40 bits per heavy atom. The number of sulfonamides is 1. The lowest BCUT2D eigenvalue weighted by molar-refractivity contribution is -0.121. The Labute approximate surface area is 151 Å². The Balaban J connectivity index is 1.83. The smallest absolute Gasteiger partial charge is 0.247 e. The number of hydrogen-bond acceptors (Lipinski definition) is 5. The first-order valence-electron chi connectivity index (χ1n) is 7.65. The van der Waals surface area contributed by atoms with Crippen molar-refractivity contribution in [3.8, 4) is 0 Å². The number of carbonyl (C=O) groups excluding carboxylic acids is 2. The van der Waals surface area contributed by atoms with Crippen LogP contribution >= 0.6 is 11.3 Å². The van der Waals surface area contributed by atoms with E-state index in [9.17, 15) is 18.0 Å². The van der Waals surface area contributed by atoms with Crippen LogP contribution < -0.4 is 10.5 Å². The highest BCUT2D eigenvalue weighted by Gasteiger charge is 2.13. The minimum atomic E-state index is -3.72. The zero-order valence-corrected chi connectivity index (χ0v) is 15.7. The van der Waals surface area contributed by atoms with Crippen LogP contribution in [0.15, 0.2) is 34.5 Å². The number of thiophene rings is 1. The van der Waals surface area contributed by atoms with Gasteiger partial charge in [0.05, 0.1) is 6.54 Å². The van der Waals surface area contributed by atoms with Crippen molar-refractivity contribution in [3.63, 3.8) is 0 Å². The van der Waals surface area contributed by atoms with Crippen LogP contribution in [0.5, 0.6) is 0 Å². The average Bonchev–Trinajstić information content (AvgIpc) is 3.02. The molecule has 0 aliphatic carbocycles. The highest BCUT2D eigenvalue weighted by molar-refractivity contribution is 7.91. The Morgan fingerprint density at radius 2 is 1.80 bits per heavy atom. The molecule has 0 saturated heterocycles. The van der Waals surface area contributed by atoms with E-state index < -0.39 is 10.0 Å². The van der Waals surface area contributed by atoms with E-state index in [1.54, 1.807) is 12.1 Å². The van der Waals surface area contributed by atoms with Crippen LogP contribution in [0.3, 0.4) is 0 Å². The third-order valence-corrected chi connectivity index (χ3v) is 6.31. The molecule has 1 aromatic carbocycles. The summed E-state index contributed by atoms with van der Waals surface area (Å²) in [6.45, 7) is 4.12. The van der Waals surface area contributed by atoms with Crippen molar-refractivity contribution >= 4 is 33.1 Å². The summed E-state index contributed by atoms with van der Waals surface area (Å²) in [6, 6.07) is 8.50. The fourth-order valence-electron chi connectivity index (χ4n) is 2.17. The molecule has 0 fully saturated rings. The number of ketones is 1. The summed E-state index contributed by atoms with van der Waals surface area (Å²) in [5.41, 5.74) is 2.76. The maximum Gasteiger partial charge on any atom is 0.247 e. The van der Waals surface area contributed by atoms with Crippen LogP contribution in [0.4, 0.5) is 0 Å². The summed E-state index contributed by atoms with van der Waals surface area (Å²) in [5.74, 6) is -0.339. The number of hydrogen-bond donors (Lipinski definition) is 2. The van der Waals surface area contributed by atoms with E-state index >= 15 is 0 Å². The number of nitrogens with two attached hydrogens (primary N) is 1. The summed E-state index contributed by atoms with van der Waals surface area (Å²) in [7, 11) is -3.72. The Bertz CT molecular complexity index is 901. The van der Waals surface area contributed by atoms with Crippen molar-refractivity contribution in [1.82, 2.24) is 5.32 Å². The van der Waals surface area contributed by atoms with Gasteiger partial charge in [0.2, 0.25) is 15.9 Å². The van der Waals surface area contributed by atoms with Crippen molar-refractivity contribution < 1.29 is 18.0 Å². The molecule has 0 spiro atoms. The molecule has 1 amide bonds. The van der Waals surface area contributed by atoms with Crippen molar-refractivity contribution in [3.05, 3.63) is 51.9 Å². The number of primary sulfonamides is 1. The molecule has 3 N–H and O–H groups in total. The second kappa shape index (κ2) is 7.90. The Kier molecular flexibility index (Phi) is 6.10. The summed E-state index contributed by atoms with van der Waals surface area (Å²) < 4.78 is 22.5. The van der Waals surface area contributed by atoms with Crippen LogP contribution in [-0.4, -0.2) is 20.1 Å². The van der Waals surface area contributed by atoms with Gasteiger partial charge in [-0.1, -0.05) is 12.1 Å². The van der Waals surface area contributed by atoms with E-state index in [1.807, 2.05) is 26.0 Å². The van der Waals surface area contributed by atoms with E-state index in [4.69, 9.17) is 5.14 Å². The molecule has 6 nitrogen and oxygen atoms in total. The first-order valence-corrected chi connectivity index (χ1v) is 10.0. The predicted molar refractivity (Wildman–Crippen MR) is 97.0 cm³/mol. The number of aryl methyl sites for hydroxylation is 2. The topological polar surface area (TPSA) is 106 Å². The molecule has 25 heavy (non-hydrogen) atoms. The third-order valence-electron chi connectivity index (χ3n) is 3.79. The molecular formula is C17H20N2O4S2. The lowest BCUT2D eigenvalue weighted by Crippen LogP contribution is -2.22. The van der Waals surface area contributed by atoms with Gasteiger partial charge >= 0.3 is 0 Å². The standard InChI is InChI=1S/C17H20N2O4S2/c1-11-3-4-13(9-12(11)2)15(20)6-7-16(21)19-10-14-5-8-17(24-14)25(18,22)23/h3-5,8-9H,6-7,10H2,1-2H3,(H,19,21)(H2,18,22,23). The normalized spacial score (nSPS) is 11.3. The molecule has 0 saturated carbocycles. The van der Waals surface area contributed by atoms with E-state index in [0.717, 1.165) is 22.5 Å². The molecule has 0 atom stereocenters. The zero-order chi connectivity index (χ0) is 18.6. The number of nitrogens with one attached hydrogen (secondary N) is 1. The second-order valence-corrected chi connectivity index (χ2v) is 8.72. The van der Waals surface area contributed by atoms with Gasteiger partial charge in [-0.2, -0.15) is 0 Å². The van der Waals surface area contributed by atoms with Crippen LogP contribution in [0.25, 0.3) is 0 Å². The van der Waals surface area contributed by atoms with Crippen LogP contribution in [-0.2, 0) is 21.4 Å². The fraction of sp³-hybridized carbons (Fsp3) is 0.294. The number of amides is 1.